The van der Waals surface area contributed by atoms with Crippen LogP contribution in [0, 0.1) is 0 Å². The van der Waals surface area contributed by atoms with Gasteiger partial charge in [0.15, 0.2) is 5.90 Å². The molecule has 1 aliphatic carbocycles. The van der Waals surface area contributed by atoms with E-state index in [-0.39, 0.29) is 0 Å². The number of hydrogen-bond donors (Lipinski definition) is 0. The Morgan fingerprint density at radius 1 is 1.70 bits per heavy atom. The van der Waals surface area contributed by atoms with Crippen LogP contribution in [0.25, 0.3) is 0 Å². The number of hydrogen-bond acceptors (Lipinski definition) is 2. The molecular formula is C8H11NO. The van der Waals surface area contributed by atoms with Crippen LogP contribution in [0.2, 0.25) is 0 Å². The van der Waals surface area contributed by atoms with Gasteiger partial charge in [0.05, 0.1) is 0 Å². The molecule has 10 heavy (non-hydrogen) atoms. The van der Waals surface area contributed by atoms with Crippen LogP contribution in [-0.2, 0) is 4.74 Å². The van der Waals surface area contributed by atoms with E-state index in [1.54, 1.807) is 0 Å². The first-order chi connectivity index (χ1) is 4.86. The van der Waals surface area contributed by atoms with Crippen LogP contribution < -0.4 is 0 Å². The first-order valence-electron chi connectivity index (χ1n) is 3.74. The van der Waals surface area contributed by atoms with Crippen LogP contribution in [0.3, 0.4) is 0 Å². The van der Waals surface area contributed by atoms with Gasteiger partial charge in [-0.1, -0.05) is 12.2 Å². The van der Waals surface area contributed by atoms with E-state index in [1.165, 1.54) is 0 Å². The van der Waals surface area contributed by atoms with Crippen LogP contribution in [0.1, 0.15) is 19.8 Å². The first-order valence-corrected chi connectivity index (χ1v) is 3.74. The predicted octanol–water partition coefficient (Wildman–Crippen LogP) is 1.52. The van der Waals surface area contributed by atoms with E-state index in [1.807, 2.05) is 6.92 Å². The van der Waals surface area contributed by atoms with E-state index < -0.39 is 0 Å². The quantitative estimate of drug-likeness (QED) is 0.464. The highest BCUT2D eigenvalue weighted by atomic mass is 16.5. The molecule has 0 N–H and O–H groups in total. The number of allylic oxidation sites excluding steroid dienone is 1. The van der Waals surface area contributed by atoms with E-state index in [0.717, 1.165) is 18.7 Å². The summed E-state index contributed by atoms with van der Waals surface area (Å²) < 4.78 is 5.46. The van der Waals surface area contributed by atoms with Gasteiger partial charge < -0.3 is 4.74 Å². The topological polar surface area (TPSA) is 21.6 Å². The fourth-order valence-corrected chi connectivity index (χ4v) is 1.51. The minimum atomic E-state index is 0.328. The lowest BCUT2D eigenvalue weighted by atomic mass is 10.0. The van der Waals surface area contributed by atoms with E-state index in [0.29, 0.717) is 12.1 Å². The number of ether oxygens (including phenoxy) is 1. The molecule has 0 aromatic carbocycles. The minimum absolute atomic E-state index is 0.328. The molecule has 2 heteroatoms. The highest BCUT2D eigenvalue weighted by Gasteiger charge is 2.27. The Bertz CT molecular complexity index is 195. The van der Waals surface area contributed by atoms with Gasteiger partial charge >= 0.3 is 0 Å². The lowest BCUT2D eigenvalue weighted by Gasteiger charge is -2.16. The summed E-state index contributed by atoms with van der Waals surface area (Å²) in [4.78, 5) is 4.32. The van der Waals surface area contributed by atoms with E-state index in [9.17, 15) is 0 Å². The first kappa shape index (κ1) is 5.96. The van der Waals surface area contributed by atoms with Crippen molar-refractivity contribution in [2.75, 3.05) is 0 Å². The van der Waals surface area contributed by atoms with Crippen LogP contribution in [0.5, 0.6) is 0 Å². The highest BCUT2D eigenvalue weighted by molar-refractivity contribution is 5.75. The molecule has 0 bridgehead atoms. The number of nitrogens with zero attached hydrogens (tertiary/aromatic N) is 1. The Morgan fingerprint density at radius 2 is 2.60 bits per heavy atom. The monoisotopic (exact) mass is 137 g/mol. The minimum Gasteiger partial charge on any atom is -0.475 e. The van der Waals surface area contributed by atoms with Crippen molar-refractivity contribution in [3.63, 3.8) is 0 Å². The lowest BCUT2D eigenvalue weighted by molar-refractivity contribution is 0.190. The third kappa shape index (κ3) is 0.838. The van der Waals surface area contributed by atoms with Crippen LogP contribution in [0.4, 0.5) is 0 Å². The highest BCUT2D eigenvalue weighted by Crippen LogP contribution is 2.23. The summed E-state index contributed by atoms with van der Waals surface area (Å²) in [5, 5.41) is 0. The molecule has 2 aliphatic rings. The second-order valence-corrected chi connectivity index (χ2v) is 2.80. The Hall–Kier alpha value is -0.790. The van der Waals surface area contributed by atoms with Crippen molar-refractivity contribution in [3.8, 4) is 0 Å². The molecule has 54 valence electrons. The Morgan fingerprint density at radius 3 is 3.40 bits per heavy atom. The predicted molar refractivity (Wildman–Crippen MR) is 40.1 cm³/mol. The fourth-order valence-electron chi connectivity index (χ4n) is 1.51. The fraction of sp³-hybridized carbons (Fsp3) is 0.625. The molecule has 0 spiro atoms. The van der Waals surface area contributed by atoms with E-state index >= 15 is 0 Å². The summed E-state index contributed by atoms with van der Waals surface area (Å²) in [6.45, 7) is 1.92. The largest absolute Gasteiger partial charge is 0.475 e. The second kappa shape index (κ2) is 2.11. The molecule has 0 aromatic heterocycles. The molecule has 0 amide bonds. The molecule has 0 saturated carbocycles. The summed E-state index contributed by atoms with van der Waals surface area (Å²) in [5.74, 6) is 0.849. The van der Waals surface area contributed by atoms with Gasteiger partial charge in [0, 0.05) is 6.92 Å². The third-order valence-electron chi connectivity index (χ3n) is 1.98. The van der Waals surface area contributed by atoms with Gasteiger partial charge in [-0.05, 0) is 12.8 Å². The molecule has 0 radical (unpaired) electrons. The SMILES string of the molecule is CC1=NC2C=CCCC2O1. The molecule has 2 rings (SSSR count). The van der Waals surface area contributed by atoms with E-state index in [4.69, 9.17) is 4.74 Å². The summed E-state index contributed by atoms with van der Waals surface area (Å²) in [7, 11) is 0. The van der Waals surface area contributed by atoms with Gasteiger partial charge in [-0.3, -0.25) is 0 Å². The molecule has 2 atom stereocenters. The zero-order valence-corrected chi connectivity index (χ0v) is 6.08. The van der Waals surface area contributed by atoms with Gasteiger partial charge in [0.25, 0.3) is 0 Å². The molecule has 2 unspecified atom stereocenters. The van der Waals surface area contributed by atoms with Gasteiger partial charge in [-0.2, -0.15) is 0 Å². The number of fused-ring (bicyclic) bond motifs is 1. The summed E-state index contributed by atoms with van der Waals surface area (Å²) >= 11 is 0. The van der Waals surface area contributed by atoms with Gasteiger partial charge in [-0.15, -0.1) is 0 Å². The molecule has 0 aromatic rings. The van der Waals surface area contributed by atoms with Gasteiger partial charge in [0.2, 0.25) is 0 Å². The molecule has 1 heterocycles. The molecule has 1 aliphatic heterocycles. The molecular weight excluding hydrogens is 126 g/mol. The summed E-state index contributed by atoms with van der Waals surface area (Å²) in [5.41, 5.74) is 0. The zero-order chi connectivity index (χ0) is 6.97. The van der Waals surface area contributed by atoms with Crippen molar-refractivity contribution in [1.82, 2.24) is 0 Å². The van der Waals surface area contributed by atoms with Crippen LogP contribution in [0.15, 0.2) is 17.1 Å². The van der Waals surface area contributed by atoms with Crippen LogP contribution in [-0.4, -0.2) is 18.0 Å². The van der Waals surface area contributed by atoms with Gasteiger partial charge in [-0.25, -0.2) is 4.99 Å². The zero-order valence-electron chi connectivity index (χ0n) is 6.08. The van der Waals surface area contributed by atoms with Crippen molar-refractivity contribution in [3.05, 3.63) is 12.2 Å². The van der Waals surface area contributed by atoms with Crippen molar-refractivity contribution in [1.29, 1.82) is 0 Å². The van der Waals surface area contributed by atoms with Crippen molar-refractivity contribution < 1.29 is 4.74 Å². The van der Waals surface area contributed by atoms with Crippen molar-refractivity contribution in [2.24, 2.45) is 4.99 Å². The Kier molecular flexibility index (Phi) is 1.26. The molecule has 2 nitrogen and oxygen atoms in total. The van der Waals surface area contributed by atoms with Crippen molar-refractivity contribution >= 4 is 5.90 Å². The number of aliphatic imine (C=N–C) groups is 1. The van der Waals surface area contributed by atoms with E-state index in [2.05, 4.69) is 17.1 Å². The smallest absolute Gasteiger partial charge is 0.181 e. The Labute approximate surface area is 60.6 Å². The maximum atomic E-state index is 5.46. The maximum Gasteiger partial charge on any atom is 0.181 e. The normalized spacial score (nSPS) is 36.7. The number of rotatable bonds is 0. The van der Waals surface area contributed by atoms with Crippen molar-refractivity contribution in [2.45, 2.75) is 31.9 Å². The average Bonchev–Trinajstić information content (AvgIpc) is 2.27. The van der Waals surface area contributed by atoms with Gasteiger partial charge in [0.1, 0.15) is 12.1 Å². The average molecular weight is 137 g/mol. The Balaban J connectivity index is 2.17. The lowest BCUT2D eigenvalue weighted by Crippen LogP contribution is -2.22. The molecule has 0 fully saturated rings. The van der Waals surface area contributed by atoms with Crippen LogP contribution >= 0.6 is 0 Å². The summed E-state index contributed by atoms with van der Waals surface area (Å²) in [6.07, 6.45) is 6.95. The standard InChI is InChI=1S/C8H11NO/c1-6-9-7-4-2-3-5-8(7)10-6/h2,4,7-8H,3,5H2,1H3. The summed E-state index contributed by atoms with van der Waals surface area (Å²) in [6, 6.07) is 0.328. The third-order valence-corrected chi connectivity index (χ3v) is 1.98. The maximum absolute atomic E-state index is 5.46. The molecule has 0 saturated heterocycles. The second-order valence-electron chi connectivity index (χ2n) is 2.80.